The Morgan fingerprint density at radius 2 is 2.05 bits per heavy atom. The second kappa shape index (κ2) is 7.75. The molecule has 1 rings (SSSR count). The number of nitrogens with one attached hydrogen (secondary N) is 2. The van der Waals surface area contributed by atoms with E-state index in [0.29, 0.717) is 18.7 Å². The standard InChI is InChI=1S/C15H24N2O3/c1-10(2)17-15(19)7-8-16-11(3)13-9-12(20-4)5-6-14(13)18/h5-6,9-11,16,18H,7-8H2,1-4H3,(H,17,19). The number of hydrogen-bond donors (Lipinski definition) is 3. The molecule has 5 nitrogen and oxygen atoms in total. The highest BCUT2D eigenvalue weighted by molar-refractivity contribution is 5.76. The molecule has 0 saturated carbocycles. The first-order valence-electron chi connectivity index (χ1n) is 6.83. The zero-order valence-electron chi connectivity index (χ0n) is 12.6. The van der Waals surface area contributed by atoms with Gasteiger partial charge in [-0.15, -0.1) is 0 Å². The molecule has 3 N–H and O–H groups in total. The smallest absolute Gasteiger partial charge is 0.221 e. The Hall–Kier alpha value is -1.75. The highest BCUT2D eigenvalue weighted by atomic mass is 16.5. The van der Waals surface area contributed by atoms with Gasteiger partial charge < -0.3 is 20.5 Å². The molecule has 1 aromatic rings. The van der Waals surface area contributed by atoms with Crippen molar-refractivity contribution in [2.24, 2.45) is 0 Å². The summed E-state index contributed by atoms with van der Waals surface area (Å²) in [6, 6.07) is 5.21. The van der Waals surface area contributed by atoms with E-state index in [4.69, 9.17) is 4.74 Å². The minimum atomic E-state index is -0.0584. The fraction of sp³-hybridized carbons (Fsp3) is 0.533. The molecule has 0 aliphatic heterocycles. The molecule has 0 heterocycles. The van der Waals surface area contributed by atoms with Gasteiger partial charge in [0.1, 0.15) is 11.5 Å². The van der Waals surface area contributed by atoms with Gasteiger partial charge >= 0.3 is 0 Å². The normalized spacial score (nSPS) is 12.2. The van der Waals surface area contributed by atoms with E-state index in [1.165, 1.54) is 0 Å². The molecule has 0 saturated heterocycles. The van der Waals surface area contributed by atoms with E-state index < -0.39 is 0 Å². The van der Waals surface area contributed by atoms with E-state index >= 15 is 0 Å². The van der Waals surface area contributed by atoms with Crippen LogP contribution in [0.3, 0.4) is 0 Å². The van der Waals surface area contributed by atoms with Crippen molar-refractivity contribution in [3.63, 3.8) is 0 Å². The predicted octanol–water partition coefficient (Wildman–Crippen LogP) is 1.97. The number of rotatable bonds is 7. The fourth-order valence-electron chi connectivity index (χ4n) is 1.91. The lowest BCUT2D eigenvalue weighted by Gasteiger charge is -2.16. The summed E-state index contributed by atoms with van der Waals surface area (Å²) >= 11 is 0. The lowest BCUT2D eigenvalue weighted by molar-refractivity contribution is -0.121. The number of phenols is 1. The van der Waals surface area contributed by atoms with Crippen LogP contribution in [-0.4, -0.2) is 30.7 Å². The summed E-state index contributed by atoms with van der Waals surface area (Å²) < 4.78 is 5.14. The topological polar surface area (TPSA) is 70.6 Å². The highest BCUT2D eigenvalue weighted by Gasteiger charge is 2.12. The number of methoxy groups -OCH3 is 1. The number of carbonyl (C=O) groups is 1. The maximum Gasteiger partial charge on any atom is 0.221 e. The lowest BCUT2D eigenvalue weighted by atomic mass is 10.1. The largest absolute Gasteiger partial charge is 0.508 e. The SMILES string of the molecule is COc1ccc(O)c(C(C)NCCC(=O)NC(C)C)c1. The Morgan fingerprint density at radius 3 is 2.65 bits per heavy atom. The van der Waals surface area contributed by atoms with Crippen molar-refractivity contribution in [2.75, 3.05) is 13.7 Å². The van der Waals surface area contributed by atoms with Crippen LogP contribution < -0.4 is 15.4 Å². The third-order valence-corrected chi connectivity index (χ3v) is 2.95. The molecule has 0 radical (unpaired) electrons. The highest BCUT2D eigenvalue weighted by Crippen LogP contribution is 2.28. The molecule has 112 valence electrons. The molecule has 0 aliphatic rings. The van der Waals surface area contributed by atoms with E-state index in [-0.39, 0.29) is 23.7 Å². The Kier molecular flexibility index (Phi) is 6.31. The number of hydrogen-bond acceptors (Lipinski definition) is 4. The third-order valence-electron chi connectivity index (χ3n) is 2.95. The molecule has 0 aromatic heterocycles. The number of ether oxygens (including phenoxy) is 1. The average Bonchev–Trinajstić information content (AvgIpc) is 2.38. The zero-order chi connectivity index (χ0) is 15.1. The van der Waals surface area contributed by atoms with Crippen LogP contribution in [0.1, 0.15) is 38.8 Å². The van der Waals surface area contributed by atoms with Gasteiger partial charge in [-0.2, -0.15) is 0 Å². The maximum absolute atomic E-state index is 11.5. The molecule has 0 aliphatic carbocycles. The molecular formula is C15H24N2O3. The molecule has 1 aromatic carbocycles. The van der Waals surface area contributed by atoms with E-state index in [1.807, 2.05) is 20.8 Å². The Balaban J connectivity index is 2.50. The first-order valence-corrected chi connectivity index (χ1v) is 6.83. The summed E-state index contributed by atoms with van der Waals surface area (Å²) in [7, 11) is 1.59. The lowest BCUT2D eigenvalue weighted by Crippen LogP contribution is -2.33. The predicted molar refractivity (Wildman–Crippen MR) is 79.0 cm³/mol. The van der Waals surface area contributed by atoms with Crippen molar-refractivity contribution in [3.8, 4) is 11.5 Å². The van der Waals surface area contributed by atoms with Gasteiger partial charge in [0.25, 0.3) is 0 Å². The fourth-order valence-corrected chi connectivity index (χ4v) is 1.91. The summed E-state index contributed by atoms with van der Waals surface area (Å²) in [5, 5.41) is 15.9. The van der Waals surface area contributed by atoms with Crippen LogP contribution in [0.15, 0.2) is 18.2 Å². The van der Waals surface area contributed by atoms with Gasteiger partial charge in [-0.1, -0.05) is 0 Å². The summed E-state index contributed by atoms with van der Waals surface area (Å²) in [5.41, 5.74) is 0.758. The number of phenolic OH excluding ortho intramolecular Hbond substituents is 1. The first kappa shape index (κ1) is 16.3. The number of amides is 1. The molecule has 20 heavy (non-hydrogen) atoms. The van der Waals surface area contributed by atoms with Crippen LogP contribution in [0.5, 0.6) is 11.5 Å². The van der Waals surface area contributed by atoms with E-state index in [0.717, 1.165) is 5.56 Å². The number of benzene rings is 1. The number of aromatic hydroxyl groups is 1. The molecule has 0 fully saturated rings. The van der Waals surface area contributed by atoms with Crippen LogP contribution >= 0.6 is 0 Å². The van der Waals surface area contributed by atoms with Gasteiger partial charge in [0.05, 0.1) is 7.11 Å². The van der Waals surface area contributed by atoms with Crippen molar-refractivity contribution in [2.45, 2.75) is 39.3 Å². The van der Waals surface area contributed by atoms with E-state index in [2.05, 4.69) is 10.6 Å². The Bertz CT molecular complexity index is 447. The molecule has 1 unspecified atom stereocenters. The van der Waals surface area contributed by atoms with Crippen molar-refractivity contribution in [3.05, 3.63) is 23.8 Å². The molecule has 1 atom stereocenters. The minimum absolute atomic E-state index is 0.0227. The van der Waals surface area contributed by atoms with Gasteiger partial charge in [0, 0.05) is 30.6 Å². The van der Waals surface area contributed by atoms with Gasteiger partial charge in [-0.05, 0) is 39.0 Å². The van der Waals surface area contributed by atoms with Gasteiger partial charge in [-0.25, -0.2) is 0 Å². The van der Waals surface area contributed by atoms with Crippen LogP contribution in [0.25, 0.3) is 0 Å². The van der Waals surface area contributed by atoms with E-state index in [1.54, 1.807) is 25.3 Å². The Morgan fingerprint density at radius 1 is 1.35 bits per heavy atom. The van der Waals surface area contributed by atoms with Crippen molar-refractivity contribution < 1.29 is 14.6 Å². The average molecular weight is 280 g/mol. The third kappa shape index (κ3) is 5.09. The summed E-state index contributed by atoms with van der Waals surface area (Å²) in [6.45, 7) is 6.36. The molecule has 5 heteroatoms. The monoisotopic (exact) mass is 280 g/mol. The molecule has 0 spiro atoms. The summed E-state index contributed by atoms with van der Waals surface area (Å²) in [5.74, 6) is 0.941. The zero-order valence-corrected chi connectivity index (χ0v) is 12.6. The quantitative estimate of drug-likeness (QED) is 0.714. The Labute approximate surface area is 120 Å². The van der Waals surface area contributed by atoms with Crippen molar-refractivity contribution in [1.82, 2.24) is 10.6 Å². The second-order valence-corrected chi connectivity index (χ2v) is 5.07. The molecule has 1 amide bonds. The van der Waals surface area contributed by atoms with Crippen LogP contribution in [0.4, 0.5) is 0 Å². The van der Waals surface area contributed by atoms with Gasteiger partial charge in [0.2, 0.25) is 5.91 Å². The maximum atomic E-state index is 11.5. The van der Waals surface area contributed by atoms with Crippen LogP contribution in [0, 0.1) is 0 Å². The van der Waals surface area contributed by atoms with E-state index in [9.17, 15) is 9.90 Å². The second-order valence-electron chi connectivity index (χ2n) is 5.07. The van der Waals surface area contributed by atoms with Crippen LogP contribution in [-0.2, 0) is 4.79 Å². The number of carbonyl (C=O) groups excluding carboxylic acids is 1. The minimum Gasteiger partial charge on any atom is -0.508 e. The molecule has 0 bridgehead atoms. The van der Waals surface area contributed by atoms with Crippen molar-refractivity contribution in [1.29, 1.82) is 0 Å². The molecular weight excluding hydrogens is 256 g/mol. The van der Waals surface area contributed by atoms with Gasteiger partial charge in [0.15, 0.2) is 0 Å². The summed E-state index contributed by atoms with van der Waals surface area (Å²) in [4.78, 5) is 11.5. The first-order chi connectivity index (χ1) is 9.43. The van der Waals surface area contributed by atoms with Gasteiger partial charge in [-0.3, -0.25) is 4.79 Å². The summed E-state index contributed by atoms with van der Waals surface area (Å²) in [6.07, 6.45) is 0.410. The van der Waals surface area contributed by atoms with Crippen molar-refractivity contribution >= 4 is 5.91 Å². The van der Waals surface area contributed by atoms with Crippen LogP contribution in [0.2, 0.25) is 0 Å².